The van der Waals surface area contributed by atoms with E-state index in [-0.39, 0.29) is 11.6 Å². The molecule has 1 fully saturated rings. The number of amides is 2. The number of benzene rings is 1. The fourth-order valence-electron chi connectivity index (χ4n) is 2.14. The van der Waals surface area contributed by atoms with Gasteiger partial charge in [0.2, 0.25) is 0 Å². The van der Waals surface area contributed by atoms with E-state index in [0.717, 1.165) is 11.5 Å². The highest BCUT2D eigenvalue weighted by molar-refractivity contribution is 5.93. The molecule has 1 atom stereocenters. The van der Waals surface area contributed by atoms with Crippen LogP contribution in [0.3, 0.4) is 0 Å². The van der Waals surface area contributed by atoms with Gasteiger partial charge in [-0.3, -0.25) is 0 Å². The van der Waals surface area contributed by atoms with Crippen LogP contribution in [0, 0.1) is 18.8 Å². The first-order chi connectivity index (χ1) is 9.47. The molecule has 5 nitrogen and oxygen atoms in total. The average Bonchev–Trinajstić information content (AvgIpc) is 3.22. The van der Waals surface area contributed by atoms with Crippen LogP contribution in [0.1, 0.15) is 35.7 Å². The third kappa shape index (κ3) is 3.73. The summed E-state index contributed by atoms with van der Waals surface area (Å²) in [5.41, 5.74) is 1.53. The Morgan fingerprint density at radius 1 is 1.40 bits per heavy atom. The summed E-state index contributed by atoms with van der Waals surface area (Å²) in [5, 5.41) is 14.5. The topological polar surface area (TPSA) is 78.4 Å². The zero-order chi connectivity index (χ0) is 14.7. The van der Waals surface area contributed by atoms with E-state index >= 15 is 0 Å². The van der Waals surface area contributed by atoms with Crippen molar-refractivity contribution in [1.82, 2.24) is 5.32 Å². The number of hydrogen-bond acceptors (Lipinski definition) is 2. The Bertz CT molecular complexity index is 524. The van der Waals surface area contributed by atoms with Gasteiger partial charge in [0.05, 0.1) is 5.56 Å². The number of anilines is 1. The summed E-state index contributed by atoms with van der Waals surface area (Å²) in [4.78, 5) is 22.7. The minimum absolute atomic E-state index is 0.164. The van der Waals surface area contributed by atoms with E-state index in [1.807, 2.05) is 6.92 Å². The SMILES string of the molecule is Cc1ccc(C(=O)O)cc1NC(=O)NCC(C)C1CC1. The number of aryl methyl sites for hydroxylation is 1. The number of carbonyl (C=O) groups excluding carboxylic acids is 1. The van der Waals surface area contributed by atoms with Crippen LogP contribution in [0.4, 0.5) is 10.5 Å². The van der Waals surface area contributed by atoms with Gasteiger partial charge >= 0.3 is 12.0 Å². The van der Waals surface area contributed by atoms with Crippen LogP contribution in [-0.2, 0) is 0 Å². The summed E-state index contributed by atoms with van der Waals surface area (Å²) in [6, 6.07) is 4.40. The molecular weight excluding hydrogens is 256 g/mol. The Morgan fingerprint density at radius 3 is 2.70 bits per heavy atom. The molecule has 5 heteroatoms. The number of hydrogen-bond donors (Lipinski definition) is 3. The second kappa shape index (κ2) is 5.94. The monoisotopic (exact) mass is 276 g/mol. The number of carbonyl (C=O) groups is 2. The highest BCUT2D eigenvalue weighted by Crippen LogP contribution is 2.36. The molecule has 1 aromatic carbocycles. The van der Waals surface area contributed by atoms with Crippen molar-refractivity contribution in [2.75, 3.05) is 11.9 Å². The second-order valence-electron chi connectivity index (χ2n) is 5.48. The summed E-state index contributed by atoms with van der Waals surface area (Å²) < 4.78 is 0. The molecule has 0 aliphatic heterocycles. The molecule has 1 aromatic rings. The lowest BCUT2D eigenvalue weighted by atomic mass is 10.1. The minimum atomic E-state index is -1.00. The van der Waals surface area contributed by atoms with E-state index in [1.165, 1.54) is 25.0 Å². The molecule has 1 unspecified atom stereocenters. The maximum Gasteiger partial charge on any atom is 0.335 e. The molecule has 3 N–H and O–H groups in total. The maximum atomic E-state index is 11.8. The molecular formula is C15H20N2O3. The lowest BCUT2D eigenvalue weighted by molar-refractivity contribution is 0.0697. The van der Waals surface area contributed by atoms with Crippen molar-refractivity contribution in [3.05, 3.63) is 29.3 Å². The summed E-state index contributed by atoms with van der Waals surface area (Å²) in [7, 11) is 0. The van der Waals surface area contributed by atoms with Gasteiger partial charge in [0.25, 0.3) is 0 Å². The Balaban J connectivity index is 1.92. The lowest BCUT2D eigenvalue weighted by Gasteiger charge is -2.13. The first kappa shape index (κ1) is 14.4. The highest BCUT2D eigenvalue weighted by atomic mass is 16.4. The van der Waals surface area contributed by atoms with Gasteiger partial charge in [-0.1, -0.05) is 13.0 Å². The predicted octanol–water partition coefficient (Wildman–Crippen LogP) is 2.86. The molecule has 0 bridgehead atoms. The van der Waals surface area contributed by atoms with Crippen molar-refractivity contribution < 1.29 is 14.7 Å². The predicted molar refractivity (Wildman–Crippen MR) is 77.0 cm³/mol. The van der Waals surface area contributed by atoms with E-state index in [9.17, 15) is 9.59 Å². The van der Waals surface area contributed by atoms with Crippen molar-refractivity contribution in [3.8, 4) is 0 Å². The van der Waals surface area contributed by atoms with Gasteiger partial charge in [0.15, 0.2) is 0 Å². The van der Waals surface area contributed by atoms with Crippen molar-refractivity contribution in [2.45, 2.75) is 26.7 Å². The van der Waals surface area contributed by atoms with Crippen LogP contribution in [0.2, 0.25) is 0 Å². The number of aromatic carboxylic acids is 1. The molecule has 1 saturated carbocycles. The highest BCUT2D eigenvalue weighted by Gasteiger charge is 2.27. The Hall–Kier alpha value is -2.04. The number of nitrogens with one attached hydrogen (secondary N) is 2. The Labute approximate surface area is 118 Å². The average molecular weight is 276 g/mol. The largest absolute Gasteiger partial charge is 0.478 e. The van der Waals surface area contributed by atoms with Crippen LogP contribution in [-0.4, -0.2) is 23.7 Å². The molecule has 1 aliphatic carbocycles. The Morgan fingerprint density at radius 2 is 2.10 bits per heavy atom. The van der Waals surface area contributed by atoms with Crippen LogP contribution in [0.15, 0.2) is 18.2 Å². The third-order valence-corrected chi connectivity index (χ3v) is 3.74. The van der Waals surface area contributed by atoms with Crippen molar-refractivity contribution in [2.24, 2.45) is 11.8 Å². The normalized spacial score (nSPS) is 15.5. The van der Waals surface area contributed by atoms with Gasteiger partial charge in [-0.05, 0) is 49.3 Å². The van der Waals surface area contributed by atoms with Gasteiger partial charge in [0.1, 0.15) is 0 Å². The molecule has 0 spiro atoms. The number of carboxylic acids is 1. The first-order valence-electron chi connectivity index (χ1n) is 6.86. The fourth-order valence-corrected chi connectivity index (χ4v) is 2.14. The molecule has 0 saturated heterocycles. The van der Waals surface area contributed by atoms with Crippen LogP contribution >= 0.6 is 0 Å². The molecule has 2 amide bonds. The zero-order valence-electron chi connectivity index (χ0n) is 11.8. The zero-order valence-corrected chi connectivity index (χ0v) is 11.8. The van der Waals surface area contributed by atoms with Gasteiger partial charge < -0.3 is 15.7 Å². The minimum Gasteiger partial charge on any atom is -0.478 e. The van der Waals surface area contributed by atoms with E-state index in [4.69, 9.17) is 5.11 Å². The van der Waals surface area contributed by atoms with Crippen LogP contribution in [0.5, 0.6) is 0 Å². The van der Waals surface area contributed by atoms with Gasteiger partial charge in [-0.15, -0.1) is 0 Å². The van der Waals surface area contributed by atoms with Crippen molar-refractivity contribution in [3.63, 3.8) is 0 Å². The van der Waals surface area contributed by atoms with E-state index in [2.05, 4.69) is 17.6 Å². The van der Waals surface area contributed by atoms with Crippen LogP contribution in [0.25, 0.3) is 0 Å². The lowest BCUT2D eigenvalue weighted by Crippen LogP contribution is -2.33. The summed E-state index contributed by atoms with van der Waals surface area (Å²) in [6.45, 7) is 4.61. The smallest absolute Gasteiger partial charge is 0.335 e. The van der Waals surface area contributed by atoms with E-state index < -0.39 is 5.97 Å². The summed E-state index contributed by atoms with van der Waals surface area (Å²) >= 11 is 0. The van der Waals surface area contributed by atoms with E-state index in [1.54, 1.807) is 6.07 Å². The fraction of sp³-hybridized carbons (Fsp3) is 0.467. The Kier molecular flexibility index (Phi) is 4.27. The van der Waals surface area contributed by atoms with Crippen LogP contribution < -0.4 is 10.6 Å². The first-order valence-corrected chi connectivity index (χ1v) is 6.86. The summed E-state index contributed by atoms with van der Waals surface area (Å²) in [5.74, 6) is 0.232. The van der Waals surface area contributed by atoms with Crippen molar-refractivity contribution >= 4 is 17.7 Å². The molecule has 0 aromatic heterocycles. The molecule has 108 valence electrons. The molecule has 2 rings (SSSR count). The number of rotatable bonds is 5. The quantitative estimate of drug-likeness (QED) is 0.773. The van der Waals surface area contributed by atoms with Gasteiger partial charge in [-0.25, -0.2) is 9.59 Å². The second-order valence-corrected chi connectivity index (χ2v) is 5.48. The third-order valence-electron chi connectivity index (χ3n) is 3.74. The summed E-state index contributed by atoms with van der Waals surface area (Å²) in [6.07, 6.45) is 2.51. The van der Waals surface area contributed by atoms with E-state index in [0.29, 0.717) is 18.2 Å². The van der Waals surface area contributed by atoms with Gasteiger partial charge in [-0.2, -0.15) is 0 Å². The number of carboxylic acid groups (broad SMARTS) is 1. The standard InChI is InChI=1S/C15H20N2O3/c1-9-3-4-12(14(18)19)7-13(9)17-15(20)16-8-10(2)11-5-6-11/h3-4,7,10-11H,5-6,8H2,1-2H3,(H,18,19)(H2,16,17,20). The molecule has 1 aliphatic rings. The molecule has 0 radical (unpaired) electrons. The molecule has 20 heavy (non-hydrogen) atoms. The number of urea groups is 1. The maximum absolute atomic E-state index is 11.8. The van der Waals surface area contributed by atoms with Crippen molar-refractivity contribution in [1.29, 1.82) is 0 Å². The van der Waals surface area contributed by atoms with Gasteiger partial charge in [0, 0.05) is 12.2 Å². The molecule has 0 heterocycles.